The number of carbonyl (C=O) groups is 1. The summed E-state index contributed by atoms with van der Waals surface area (Å²) in [4.78, 5) is 11.8. The van der Waals surface area contributed by atoms with Crippen molar-refractivity contribution in [3.05, 3.63) is 59.9 Å². The maximum absolute atomic E-state index is 11.8. The van der Waals surface area contributed by atoms with E-state index < -0.39 is 6.10 Å². The summed E-state index contributed by atoms with van der Waals surface area (Å²) in [5.74, 6) is -0.0676. The molecule has 2 N–H and O–H groups in total. The third-order valence-electron chi connectivity index (χ3n) is 2.94. The summed E-state index contributed by atoms with van der Waals surface area (Å²) < 4.78 is 1.75. The lowest BCUT2D eigenvalue weighted by atomic mass is 10.2. The predicted molar refractivity (Wildman–Crippen MR) is 73.4 cm³/mol. The van der Waals surface area contributed by atoms with Gasteiger partial charge in [-0.1, -0.05) is 30.3 Å². The van der Waals surface area contributed by atoms with Crippen LogP contribution in [0, 0.1) is 0 Å². The van der Waals surface area contributed by atoms with Crippen LogP contribution in [0.4, 0.5) is 0 Å². The smallest absolute Gasteiger partial charge is 0.240 e. The van der Waals surface area contributed by atoms with Crippen LogP contribution in [0.1, 0.15) is 24.3 Å². The normalized spacial score (nSPS) is 12.1. The van der Waals surface area contributed by atoms with Gasteiger partial charge in [-0.3, -0.25) is 4.79 Å². The zero-order valence-corrected chi connectivity index (χ0v) is 10.9. The molecule has 0 aliphatic heterocycles. The lowest BCUT2D eigenvalue weighted by molar-refractivity contribution is -0.121. The molecule has 1 unspecified atom stereocenters. The first-order valence-corrected chi connectivity index (χ1v) is 6.30. The molecule has 2 rings (SSSR count). The fourth-order valence-electron chi connectivity index (χ4n) is 1.96. The van der Waals surface area contributed by atoms with Crippen molar-refractivity contribution in [3.63, 3.8) is 0 Å². The van der Waals surface area contributed by atoms with E-state index in [1.165, 1.54) is 0 Å². The van der Waals surface area contributed by atoms with E-state index in [0.29, 0.717) is 6.54 Å². The Morgan fingerprint density at radius 3 is 2.68 bits per heavy atom. The van der Waals surface area contributed by atoms with Crippen LogP contribution in [-0.4, -0.2) is 15.6 Å². The fraction of sp³-hybridized carbons (Fsp3) is 0.267. The van der Waals surface area contributed by atoms with Gasteiger partial charge in [0.25, 0.3) is 0 Å². The molecule has 1 amide bonds. The summed E-state index contributed by atoms with van der Waals surface area (Å²) in [6.45, 7) is 2.43. The molecule has 0 saturated heterocycles. The zero-order valence-electron chi connectivity index (χ0n) is 10.9. The van der Waals surface area contributed by atoms with Crippen molar-refractivity contribution in [2.24, 2.45) is 0 Å². The van der Waals surface area contributed by atoms with Crippen LogP contribution in [0.15, 0.2) is 48.7 Å². The van der Waals surface area contributed by atoms with Gasteiger partial charge in [-0.05, 0) is 24.6 Å². The van der Waals surface area contributed by atoms with Crippen LogP contribution in [0.2, 0.25) is 0 Å². The Morgan fingerprint density at radius 2 is 2.00 bits per heavy atom. The quantitative estimate of drug-likeness (QED) is 0.860. The first-order chi connectivity index (χ1) is 9.16. The van der Waals surface area contributed by atoms with E-state index in [1.54, 1.807) is 17.7 Å². The van der Waals surface area contributed by atoms with E-state index in [2.05, 4.69) is 5.32 Å². The molecule has 4 heteroatoms. The molecule has 1 atom stereocenters. The summed E-state index contributed by atoms with van der Waals surface area (Å²) >= 11 is 0. The van der Waals surface area contributed by atoms with Gasteiger partial charge in [0.15, 0.2) is 0 Å². The molecule has 0 fully saturated rings. The average molecular weight is 258 g/mol. The Labute approximate surface area is 112 Å². The second kappa shape index (κ2) is 6.20. The van der Waals surface area contributed by atoms with Gasteiger partial charge in [-0.15, -0.1) is 0 Å². The molecule has 0 aliphatic rings. The van der Waals surface area contributed by atoms with E-state index in [0.717, 1.165) is 11.3 Å². The lowest BCUT2D eigenvalue weighted by Crippen LogP contribution is -2.27. The Morgan fingerprint density at radius 1 is 1.26 bits per heavy atom. The Balaban J connectivity index is 1.89. The van der Waals surface area contributed by atoms with Crippen LogP contribution in [0.5, 0.6) is 0 Å². The first kappa shape index (κ1) is 13.4. The zero-order chi connectivity index (χ0) is 13.7. The highest BCUT2D eigenvalue weighted by Crippen LogP contribution is 2.12. The first-order valence-electron chi connectivity index (χ1n) is 6.30. The van der Waals surface area contributed by atoms with Crippen molar-refractivity contribution in [1.82, 2.24) is 9.88 Å². The molecule has 100 valence electrons. The molecule has 4 nitrogen and oxygen atoms in total. The van der Waals surface area contributed by atoms with Crippen molar-refractivity contribution in [3.8, 4) is 0 Å². The van der Waals surface area contributed by atoms with Crippen molar-refractivity contribution in [2.75, 3.05) is 0 Å². The maximum atomic E-state index is 11.8. The fourth-order valence-corrected chi connectivity index (χ4v) is 1.96. The third-order valence-corrected chi connectivity index (χ3v) is 2.94. The van der Waals surface area contributed by atoms with Gasteiger partial charge in [-0.25, -0.2) is 0 Å². The highest BCUT2D eigenvalue weighted by molar-refractivity contribution is 5.75. The van der Waals surface area contributed by atoms with Crippen LogP contribution in [0.25, 0.3) is 0 Å². The minimum atomic E-state index is -0.572. The second-order valence-electron chi connectivity index (χ2n) is 4.50. The van der Waals surface area contributed by atoms with E-state index in [9.17, 15) is 9.90 Å². The summed E-state index contributed by atoms with van der Waals surface area (Å²) in [6.07, 6.45) is 1.22. The van der Waals surface area contributed by atoms with Crippen molar-refractivity contribution < 1.29 is 9.90 Å². The topological polar surface area (TPSA) is 54.3 Å². The molecule has 2 aromatic rings. The second-order valence-corrected chi connectivity index (χ2v) is 4.50. The van der Waals surface area contributed by atoms with Crippen molar-refractivity contribution >= 4 is 5.91 Å². The van der Waals surface area contributed by atoms with Crippen LogP contribution in [-0.2, 0) is 17.9 Å². The number of nitrogens with zero attached hydrogens (tertiary/aromatic N) is 1. The predicted octanol–water partition coefficient (Wildman–Crippen LogP) is 1.86. The number of nitrogens with one attached hydrogen (secondary N) is 1. The third kappa shape index (κ3) is 3.69. The molecule has 1 aromatic heterocycles. The van der Waals surface area contributed by atoms with Gasteiger partial charge >= 0.3 is 0 Å². The Hall–Kier alpha value is -2.07. The highest BCUT2D eigenvalue weighted by atomic mass is 16.3. The molecule has 0 saturated carbocycles. The van der Waals surface area contributed by atoms with Crippen molar-refractivity contribution in [1.29, 1.82) is 0 Å². The monoisotopic (exact) mass is 258 g/mol. The minimum Gasteiger partial charge on any atom is -0.387 e. The number of rotatable bonds is 5. The van der Waals surface area contributed by atoms with E-state index in [-0.39, 0.29) is 12.5 Å². The van der Waals surface area contributed by atoms with Gasteiger partial charge in [-0.2, -0.15) is 0 Å². The molecule has 0 radical (unpaired) electrons. The number of aromatic nitrogens is 1. The van der Waals surface area contributed by atoms with Crippen LogP contribution < -0.4 is 5.32 Å². The molecular formula is C15H18N2O2. The summed E-state index contributed by atoms with van der Waals surface area (Å²) in [7, 11) is 0. The largest absolute Gasteiger partial charge is 0.387 e. The number of hydrogen-bond acceptors (Lipinski definition) is 2. The van der Waals surface area contributed by atoms with Crippen molar-refractivity contribution in [2.45, 2.75) is 26.1 Å². The number of amides is 1. The molecule has 0 bridgehead atoms. The van der Waals surface area contributed by atoms with Gasteiger partial charge < -0.3 is 15.0 Å². The Bertz CT molecular complexity index is 532. The van der Waals surface area contributed by atoms with Crippen LogP contribution in [0.3, 0.4) is 0 Å². The molecular weight excluding hydrogens is 240 g/mol. The van der Waals surface area contributed by atoms with E-state index in [4.69, 9.17) is 0 Å². The molecule has 0 spiro atoms. The van der Waals surface area contributed by atoms with Gasteiger partial charge in [0.2, 0.25) is 5.91 Å². The molecule has 0 aliphatic carbocycles. The summed E-state index contributed by atoms with van der Waals surface area (Å²) in [6, 6.07) is 13.4. The van der Waals surface area contributed by atoms with Gasteiger partial charge in [0, 0.05) is 18.4 Å². The number of hydrogen-bond donors (Lipinski definition) is 2. The summed E-state index contributed by atoms with van der Waals surface area (Å²) in [5, 5.41) is 12.4. The standard InChI is InChI=1S/C15H18N2O2/c1-12(18)14-8-5-9-17(14)11-15(19)16-10-13-6-3-2-4-7-13/h2-9,12,18H,10-11H2,1H3,(H,16,19). The molecule has 1 aromatic carbocycles. The van der Waals surface area contributed by atoms with E-state index in [1.807, 2.05) is 42.5 Å². The molecule has 19 heavy (non-hydrogen) atoms. The van der Waals surface area contributed by atoms with E-state index >= 15 is 0 Å². The number of aliphatic hydroxyl groups excluding tert-OH is 1. The Kier molecular flexibility index (Phi) is 4.36. The van der Waals surface area contributed by atoms with Gasteiger partial charge in [0.1, 0.15) is 6.54 Å². The highest BCUT2D eigenvalue weighted by Gasteiger charge is 2.09. The molecule has 1 heterocycles. The minimum absolute atomic E-state index is 0.0676. The number of aliphatic hydroxyl groups is 1. The van der Waals surface area contributed by atoms with Gasteiger partial charge in [0.05, 0.1) is 6.10 Å². The maximum Gasteiger partial charge on any atom is 0.240 e. The summed E-state index contributed by atoms with van der Waals surface area (Å²) in [5.41, 5.74) is 1.81. The SMILES string of the molecule is CC(O)c1cccn1CC(=O)NCc1ccccc1. The average Bonchev–Trinajstić information content (AvgIpc) is 2.86. The number of carbonyl (C=O) groups excluding carboxylic acids is 1. The van der Waals surface area contributed by atoms with Crippen LogP contribution >= 0.6 is 0 Å². The lowest BCUT2D eigenvalue weighted by Gasteiger charge is -2.11. The number of benzene rings is 1.